The molecule has 0 heterocycles. The fraction of sp³-hybridized carbons (Fsp3) is 0.176. The van der Waals surface area contributed by atoms with Gasteiger partial charge in [0, 0.05) is 59.2 Å². The highest BCUT2D eigenvalue weighted by Crippen LogP contribution is 2.33. The van der Waals surface area contributed by atoms with E-state index in [0.29, 0.717) is 68.3 Å². The van der Waals surface area contributed by atoms with Crippen LogP contribution in [0.2, 0.25) is 5.02 Å². The normalized spacial score (nSPS) is 12.5. The number of nitrogens with one attached hydrogen (secondary N) is 1. The fourth-order valence-electron chi connectivity index (χ4n) is 4.93. The van der Waals surface area contributed by atoms with Gasteiger partial charge in [-0.05, 0) is 19.2 Å². The lowest BCUT2D eigenvalue weighted by Gasteiger charge is -2.25. The van der Waals surface area contributed by atoms with Crippen molar-refractivity contribution in [3.8, 4) is 0 Å². The molecule has 4 aromatic rings. The van der Waals surface area contributed by atoms with Gasteiger partial charge in [-0.15, -0.1) is 0 Å². The van der Waals surface area contributed by atoms with Crippen LogP contribution in [0.1, 0.15) is 63.7 Å². The number of benzene rings is 4. The van der Waals surface area contributed by atoms with Crippen LogP contribution in [0.5, 0.6) is 0 Å². The molecule has 43 heavy (non-hydrogen) atoms. The molecule has 220 valence electrons. The van der Waals surface area contributed by atoms with E-state index in [1.165, 1.54) is 0 Å². The second-order valence-electron chi connectivity index (χ2n) is 9.74. The molecule has 2 aliphatic carbocycles. The zero-order valence-electron chi connectivity index (χ0n) is 23.8. The molecule has 0 aromatic heterocycles. The molecule has 6 rings (SSSR count). The van der Waals surface area contributed by atoms with E-state index >= 15 is 0 Å². The summed E-state index contributed by atoms with van der Waals surface area (Å²) in [6.45, 7) is 1.31. The average molecular weight is 599 g/mol. The molecule has 0 bridgehead atoms. The molecule has 0 spiro atoms. The Balaban J connectivity index is 0.000000173. The van der Waals surface area contributed by atoms with Gasteiger partial charge < -0.3 is 20.4 Å². The average Bonchev–Trinajstić information content (AvgIpc) is 3.03. The van der Waals surface area contributed by atoms with Gasteiger partial charge in [-0.25, -0.2) is 0 Å². The molecule has 0 atom stereocenters. The number of hydrogen-bond donors (Lipinski definition) is 3. The van der Waals surface area contributed by atoms with Crippen LogP contribution in [0, 0.1) is 0 Å². The van der Waals surface area contributed by atoms with Crippen LogP contribution in [-0.4, -0.2) is 73.7 Å². The number of nitrogens with zero attached hydrogens (tertiary/aromatic N) is 1. The molecular weight excluding hydrogens is 568 g/mol. The summed E-state index contributed by atoms with van der Waals surface area (Å²) >= 11 is 6.00. The van der Waals surface area contributed by atoms with Gasteiger partial charge in [-0.1, -0.05) is 84.4 Å². The largest absolute Gasteiger partial charge is 0.395 e. The van der Waals surface area contributed by atoms with E-state index in [9.17, 15) is 19.2 Å². The summed E-state index contributed by atoms with van der Waals surface area (Å²) in [7, 11) is 3.60. The first-order valence-corrected chi connectivity index (χ1v) is 14.0. The summed E-state index contributed by atoms with van der Waals surface area (Å²) in [4.78, 5) is 51.5. The number of hydrogen-bond acceptors (Lipinski definition) is 8. The zero-order chi connectivity index (χ0) is 31.1. The number of anilines is 1. The smallest absolute Gasteiger partial charge is 0.196 e. The Morgan fingerprint density at radius 2 is 1.05 bits per heavy atom. The van der Waals surface area contributed by atoms with Crippen molar-refractivity contribution in [1.82, 2.24) is 5.32 Å². The lowest BCUT2D eigenvalue weighted by molar-refractivity contribution is 0.0979. The summed E-state index contributed by atoms with van der Waals surface area (Å²) in [6.07, 6.45) is 0. The number of carbonyl (C=O) groups excluding carboxylic acids is 4. The number of carbonyl (C=O) groups is 4. The molecular formula is C34H31ClN2O6. The summed E-state index contributed by atoms with van der Waals surface area (Å²) < 4.78 is 0. The first kappa shape index (κ1) is 31.5. The summed E-state index contributed by atoms with van der Waals surface area (Å²) in [5.74, 6) is -0.585. The second kappa shape index (κ2) is 14.1. The maximum Gasteiger partial charge on any atom is 0.196 e. The standard InChI is InChI=1S/C17H15NO3.C14H7ClO2.C3H9NO/c1-18(9-10-19)14-8-4-7-13-15(14)17(21)12-6-3-2-5-11(12)16(13)20;15-11-7-3-6-10-12(11)14(17)9-5-2-1-4-8(9)13(10)16;1-4-2-3-5/h2-8,19H,9-10H2,1H3;1-7H;4-5H,2-3H2,1H3. The van der Waals surface area contributed by atoms with Gasteiger partial charge in [0.25, 0.3) is 0 Å². The van der Waals surface area contributed by atoms with E-state index in [-0.39, 0.29) is 36.3 Å². The Labute approximate surface area is 254 Å². The van der Waals surface area contributed by atoms with Crippen molar-refractivity contribution in [3.05, 3.63) is 134 Å². The van der Waals surface area contributed by atoms with Crippen LogP contribution < -0.4 is 10.2 Å². The maximum absolute atomic E-state index is 12.7. The van der Waals surface area contributed by atoms with Crippen molar-refractivity contribution in [2.24, 2.45) is 0 Å². The van der Waals surface area contributed by atoms with Crippen LogP contribution in [0.4, 0.5) is 5.69 Å². The van der Waals surface area contributed by atoms with E-state index in [1.54, 1.807) is 104 Å². The number of aliphatic hydroxyl groups is 2. The highest BCUT2D eigenvalue weighted by molar-refractivity contribution is 6.39. The van der Waals surface area contributed by atoms with Gasteiger partial charge in [0.2, 0.25) is 0 Å². The van der Waals surface area contributed by atoms with Crippen molar-refractivity contribution < 1.29 is 29.4 Å². The summed E-state index contributed by atoms with van der Waals surface area (Å²) in [6, 6.07) is 23.9. The third-order valence-corrected chi connectivity index (χ3v) is 7.36. The molecule has 0 unspecified atom stereocenters. The van der Waals surface area contributed by atoms with Crippen molar-refractivity contribution in [2.45, 2.75) is 0 Å². The molecule has 0 fully saturated rings. The van der Waals surface area contributed by atoms with Crippen LogP contribution in [0.15, 0.2) is 84.9 Å². The topological polar surface area (TPSA) is 124 Å². The number of aliphatic hydroxyl groups excluding tert-OH is 2. The van der Waals surface area contributed by atoms with Gasteiger partial charge in [0.15, 0.2) is 23.1 Å². The number of ketones is 4. The molecule has 9 heteroatoms. The van der Waals surface area contributed by atoms with E-state index in [4.69, 9.17) is 21.8 Å². The van der Waals surface area contributed by atoms with Crippen LogP contribution >= 0.6 is 11.6 Å². The summed E-state index contributed by atoms with van der Waals surface area (Å²) in [5.41, 5.74) is 4.02. The number of halogens is 1. The predicted molar refractivity (Wildman–Crippen MR) is 166 cm³/mol. The molecule has 2 aliphatic rings. The van der Waals surface area contributed by atoms with Crippen molar-refractivity contribution in [3.63, 3.8) is 0 Å². The van der Waals surface area contributed by atoms with E-state index < -0.39 is 0 Å². The molecule has 4 aromatic carbocycles. The third kappa shape index (κ3) is 6.33. The number of rotatable bonds is 5. The highest BCUT2D eigenvalue weighted by Gasteiger charge is 2.32. The minimum Gasteiger partial charge on any atom is -0.395 e. The Morgan fingerprint density at radius 3 is 1.51 bits per heavy atom. The quantitative estimate of drug-likeness (QED) is 0.270. The predicted octanol–water partition coefficient (Wildman–Crippen LogP) is 4.20. The van der Waals surface area contributed by atoms with E-state index in [2.05, 4.69) is 5.32 Å². The maximum atomic E-state index is 12.7. The van der Waals surface area contributed by atoms with Crippen molar-refractivity contribution in [2.75, 3.05) is 45.3 Å². The Kier molecular flexibility index (Phi) is 10.3. The molecule has 0 saturated carbocycles. The van der Waals surface area contributed by atoms with Crippen molar-refractivity contribution in [1.29, 1.82) is 0 Å². The summed E-state index contributed by atoms with van der Waals surface area (Å²) in [5, 5.41) is 20.2. The SMILES string of the molecule is CN(CCO)c1cccc2c1C(=O)c1ccccc1C2=O.CNCCO.O=C1c2ccccc2C(=O)c2c(Cl)cccc21. The minimum atomic E-state index is -0.180. The Hall–Kier alpha value is -4.47. The van der Waals surface area contributed by atoms with Gasteiger partial charge in [0.1, 0.15) is 0 Å². The second-order valence-corrected chi connectivity index (χ2v) is 10.1. The molecule has 8 nitrogen and oxygen atoms in total. The van der Waals surface area contributed by atoms with Gasteiger partial charge >= 0.3 is 0 Å². The Morgan fingerprint density at radius 1 is 0.605 bits per heavy atom. The molecule has 3 N–H and O–H groups in total. The van der Waals surface area contributed by atoms with E-state index in [1.807, 2.05) is 0 Å². The number of fused-ring (bicyclic) bond motifs is 4. The van der Waals surface area contributed by atoms with Crippen molar-refractivity contribution >= 4 is 40.4 Å². The van der Waals surface area contributed by atoms with Crippen LogP contribution in [0.25, 0.3) is 0 Å². The van der Waals surface area contributed by atoms with E-state index in [0.717, 1.165) is 0 Å². The lowest BCUT2D eigenvalue weighted by atomic mass is 9.83. The monoisotopic (exact) mass is 598 g/mol. The molecule has 0 amide bonds. The van der Waals surface area contributed by atoms with Gasteiger partial charge in [0.05, 0.1) is 29.4 Å². The highest BCUT2D eigenvalue weighted by atomic mass is 35.5. The fourth-order valence-corrected chi connectivity index (χ4v) is 5.19. The molecule has 0 aliphatic heterocycles. The molecule has 0 saturated heterocycles. The van der Waals surface area contributed by atoms with Gasteiger partial charge in [-0.2, -0.15) is 0 Å². The number of likely N-dealkylation sites (N-methyl/N-ethyl adjacent to an activating group) is 2. The zero-order valence-corrected chi connectivity index (χ0v) is 24.5. The third-order valence-electron chi connectivity index (χ3n) is 7.04. The van der Waals surface area contributed by atoms with Crippen LogP contribution in [-0.2, 0) is 0 Å². The lowest BCUT2D eigenvalue weighted by Crippen LogP contribution is -2.27. The Bertz CT molecular complexity index is 1700. The first-order chi connectivity index (χ1) is 20.8. The molecule has 0 radical (unpaired) electrons. The first-order valence-electron chi connectivity index (χ1n) is 13.6. The minimum absolute atomic E-state index is 0.0150. The van der Waals surface area contributed by atoms with Gasteiger partial charge in [-0.3, -0.25) is 19.2 Å². The van der Waals surface area contributed by atoms with Crippen LogP contribution in [0.3, 0.4) is 0 Å².